The summed E-state index contributed by atoms with van der Waals surface area (Å²) in [6.07, 6.45) is 0.906. The van der Waals surface area contributed by atoms with E-state index >= 15 is 0 Å². The average Bonchev–Trinajstić information content (AvgIpc) is 2.42. The highest BCUT2D eigenvalue weighted by Gasteiger charge is 2.31. The number of halogens is 1. The molecule has 3 nitrogen and oxygen atoms in total. The average molecular weight is 268 g/mol. The van der Waals surface area contributed by atoms with E-state index in [0.717, 1.165) is 37.6 Å². The minimum Gasteiger partial charge on any atom is -0.329 e. The Kier molecular flexibility index (Phi) is 4.62. The summed E-state index contributed by atoms with van der Waals surface area (Å²) >= 11 is 6.25. The van der Waals surface area contributed by atoms with E-state index in [1.165, 1.54) is 5.56 Å². The molecule has 1 saturated heterocycles. The third-order valence-electron chi connectivity index (χ3n) is 3.85. The Labute approximate surface area is 114 Å². The summed E-state index contributed by atoms with van der Waals surface area (Å²) in [5, 5.41) is 4.22. The molecule has 0 spiro atoms. The number of piperazine rings is 1. The zero-order valence-corrected chi connectivity index (χ0v) is 11.7. The zero-order valence-electron chi connectivity index (χ0n) is 11.0. The van der Waals surface area contributed by atoms with Crippen LogP contribution in [0.2, 0.25) is 5.02 Å². The number of nitrogens with zero attached hydrogens (tertiary/aromatic N) is 1. The van der Waals surface area contributed by atoms with Crippen LogP contribution < -0.4 is 11.1 Å². The monoisotopic (exact) mass is 267 g/mol. The third-order valence-corrected chi connectivity index (χ3v) is 4.22. The van der Waals surface area contributed by atoms with E-state index in [9.17, 15) is 0 Å². The summed E-state index contributed by atoms with van der Waals surface area (Å²) in [5.41, 5.74) is 7.21. The van der Waals surface area contributed by atoms with Crippen LogP contribution in [0.1, 0.15) is 12.5 Å². The Morgan fingerprint density at radius 3 is 2.61 bits per heavy atom. The maximum atomic E-state index is 6.25. The van der Waals surface area contributed by atoms with E-state index in [4.69, 9.17) is 17.3 Å². The summed E-state index contributed by atoms with van der Waals surface area (Å²) < 4.78 is 0. The maximum Gasteiger partial charge on any atom is 0.0438 e. The third kappa shape index (κ3) is 3.04. The lowest BCUT2D eigenvalue weighted by molar-refractivity contribution is 0.0946. The molecule has 2 rings (SSSR count). The van der Waals surface area contributed by atoms with Crippen LogP contribution in [0.4, 0.5) is 0 Å². The van der Waals surface area contributed by atoms with Crippen molar-refractivity contribution in [2.24, 2.45) is 5.73 Å². The van der Waals surface area contributed by atoms with Gasteiger partial charge in [0.25, 0.3) is 0 Å². The molecule has 1 aromatic carbocycles. The van der Waals surface area contributed by atoms with Gasteiger partial charge in [-0.25, -0.2) is 0 Å². The predicted octanol–water partition coefficient (Wildman–Crippen LogP) is 1.51. The van der Waals surface area contributed by atoms with E-state index in [1.54, 1.807) is 0 Å². The van der Waals surface area contributed by atoms with Crippen LogP contribution in [-0.2, 0) is 6.42 Å². The highest BCUT2D eigenvalue weighted by molar-refractivity contribution is 6.31. The molecule has 1 aromatic rings. The molecule has 1 unspecified atom stereocenters. The first-order valence-corrected chi connectivity index (χ1v) is 6.93. The van der Waals surface area contributed by atoms with Crippen molar-refractivity contribution in [1.29, 1.82) is 0 Å². The first-order chi connectivity index (χ1) is 8.65. The van der Waals surface area contributed by atoms with E-state index in [2.05, 4.69) is 23.2 Å². The van der Waals surface area contributed by atoms with E-state index < -0.39 is 0 Å². The first-order valence-electron chi connectivity index (χ1n) is 6.55. The normalized spacial score (nSPS) is 20.6. The van der Waals surface area contributed by atoms with Gasteiger partial charge in [-0.1, -0.05) is 29.8 Å². The SMILES string of the molecule is CC(CN)(Cc1ccccc1Cl)N1CCNCC1. The molecule has 100 valence electrons. The van der Waals surface area contributed by atoms with Gasteiger partial charge in [-0.05, 0) is 25.0 Å². The van der Waals surface area contributed by atoms with Gasteiger partial charge in [0.1, 0.15) is 0 Å². The van der Waals surface area contributed by atoms with Crippen molar-refractivity contribution in [3.8, 4) is 0 Å². The van der Waals surface area contributed by atoms with Gasteiger partial charge in [-0.3, -0.25) is 4.90 Å². The van der Waals surface area contributed by atoms with Crippen molar-refractivity contribution in [3.05, 3.63) is 34.9 Å². The Bertz CT molecular complexity index is 390. The summed E-state index contributed by atoms with van der Waals surface area (Å²) in [4.78, 5) is 2.48. The molecule has 1 atom stereocenters. The van der Waals surface area contributed by atoms with Crippen molar-refractivity contribution in [1.82, 2.24) is 10.2 Å². The predicted molar refractivity (Wildman–Crippen MR) is 77.1 cm³/mol. The molecule has 0 bridgehead atoms. The molecule has 1 aliphatic heterocycles. The van der Waals surface area contributed by atoms with Crippen LogP contribution in [0.25, 0.3) is 0 Å². The molecular formula is C14H22ClN3. The van der Waals surface area contributed by atoms with Gasteiger partial charge >= 0.3 is 0 Å². The molecule has 1 heterocycles. The lowest BCUT2D eigenvalue weighted by Gasteiger charge is -2.43. The Morgan fingerprint density at radius 2 is 2.00 bits per heavy atom. The molecule has 3 N–H and O–H groups in total. The van der Waals surface area contributed by atoms with Crippen molar-refractivity contribution in [2.45, 2.75) is 18.9 Å². The highest BCUT2D eigenvalue weighted by Crippen LogP contribution is 2.25. The van der Waals surface area contributed by atoms with Crippen molar-refractivity contribution < 1.29 is 0 Å². The fraction of sp³-hybridized carbons (Fsp3) is 0.571. The van der Waals surface area contributed by atoms with E-state index in [-0.39, 0.29) is 5.54 Å². The van der Waals surface area contributed by atoms with E-state index in [1.807, 2.05) is 18.2 Å². The number of rotatable bonds is 4. The maximum absolute atomic E-state index is 6.25. The lowest BCUT2D eigenvalue weighted by atomic mass is 9.90. The summed E-state index contributed by atoms with van der Waals surface area (Å²) in [5.74, 6) is 0. The largest absolute Gasteiger partial charge is 0.329 e. The number of hydrogen-bond acceptors (Lipinski definition) is 3. The van der Waals surface area contributed by atoms with Crippen LogP contribution in [0.15, 0.2) is 24.3 Å². The zero-order chi connectivity index (χ0) is 13.0. The molecule has 0 amide bonds. The minimum absolute atomic E-state index is 0.00685. The molecule has 0 aromatic heterocycles. The number of nitrogens with one attached hydrogen (secondary N) is 1. The molecule has 1 fully saturated rings. The summed E-state index contributed by atoms with van der Waals surface area (Å²) in [6.45, 7) is 7.08. The molecular weight excluding hydrogens is 246 g/mol. The van der Waals surface area contributed by atoms with Crippen molar-refractivity contribution >= 4 is 11.6 Å². The fourth-order valence-corrected chi connectivity index (χ4v) is 2.77. The number of benzene rings is 1. The molecule has 0 radical (unpaired) electrons. The second kappa shape index (κ2) is 6.02. The molecule has 4 heteroatoms. The quantitative estimate of drug-likeness (QED) is 0.869. The topological polar surface area (TPSA) is 41.3 Å². The van der Waals surface area contributed by atoms with Gasteiger partial charge in [-0.2, -0.15) is 0 Å². The number of nitrogens with two attached hydrogens (primary N) is 1. The first kappa shape index (κ1) is 13.8. The molecule has 0 saturated carbocycles. The van der Waals surface area contributed by atoms with Crippen LogP contribution in [-0.4, -0.2) is 43.2 Å². The van der Waals surface area contributed by atoms with Gasteiger partial charge in [0, 0.05) is 43.3 Å². The Morgan fingerprint density at radius 1 is 1.33 bits per heavy atom. The highest BCUT2D eigenvalue weighted by atomic mass is 35.5. The molecule has 1 aliphatic rings. The van der Waals surface area contributed by atoms with Crippen molar-refractivity contribution in [2.75, 3.05) is 32.7 Å². The smallest absolute Gasteiger partial charge is 0.0438 e. The van der Waals surface area contributed by atoms with E-state index in [0.29, 0.717) is 6.54 Å². The Balaban J connectivity index is 2.14. The van der Waals surface area contributed by atoms with Crippen molar-refractivity contribution in [3.63, 3.8) is 0 Å². The summed E-state index contributed by atoms with van der Waals surface area (Å²) in [7, 11) is 0. The second-order valence-electron chi connectivity index (χ2n) is 5.21. The van der Waals surface area contributed by atoms with Gasteiger partial charge in [0.15, 0.2) is 0 Å². The second-order valence-corrected chi connectivity index (χ2v) is 5.61. The van der Waals surface area contributed by atoms with Crippen LogP contribution in [0.5, 0.6) is 0 Å². The van der Waals surface area contributed by atoms with Crippen LogP contribution >= 0.6 is 11.6 Å². The van der Waals surface area contributed by atoms with Gasteiger partial charge in [-0.15, -0.1) is 0 Å². The van der Waals surface area contributed by atoms with Gasteiger partial charge in [0.2, 0.25) is 0 Å². The van der Waals surface area contributed by atoms with Crippen LogP contribution in [0, 0.1) is 0 Å². The van der Waals surface area contributed by atoms with Gasteiger partial charge < -0.3 is 11.1 Å². The lowest BCUT2D eigenvalue weighted by Crippen LogP contribution is -2.59. The van der Waals surface area contributed by atoms with Crippen LogP contribution in [0.3, 0.4) is 0 Å². The Hall–Kier alpha value is -0.610. The summed E-state index contributed by atoms with van der Waals surface area (Å²) in [6, 6.07) is 8.05. The fourth-order valence-electron chi connectivity index (χ4n) is 2.57. The minimum atomic E-state index is -0.00685. The molecule has 0 aliphatic carbocycles. The molecule has 18 heavy (non-hydrogen) atoms. The number of hydrogen-bond donors (Lipinski definition) is 2. The van der Waals surface area contributed by atoms with Gasteiger partial charge in [0.05, 0.1) is 0 Å². The standard InChI is InChI=1S/C14H22ClN3/c1-14(11-16,18-8-6-17-7-9-18)10-12-4-2-3-5-13(12)15/h2-5,17H,6-11,16H2,1H3.